The highest BCUT2D eigenvalue weighted by molar-refractivity contribution is 5.94. The summed E-state index contributed by atoms with van der Waals surface area (Å²) in [6, 6.07) is 10.0. The number of piperidine rings is 1. The van der Waals surface area contributed by atoms with Gasteiger partial charge in [0.1, 0.15) is 0 Å². The molecule has 1 fully saturated rings. The topological polar surface area (TPSA) is 95.7 Å². The lowest BCUT2D eigenvalue weighted by molar-refractivity contribution is 0.0291. The summed E-state index contributed by atoms with van der Waals surface area (Å²) >= 11 is 0. The first-order valence-corrected chi connectivity index (χ1v) is 7.81. The fourth-order valence-corrected chi connectivity index (χ4v) is 2.75. The van der Waals surface area contributed by atoms with Gasteiger partial charge < -0.3 is 19.8 Å². The number of hydrogen-bond donors (Lipinski definition) is 2. The highest BCUT2D eigenvalue weighted by Gasteiger charge is 2.32. The van der Waals surface area contributed by atoms with Gasteiger partial charge in [0, 0.05) is 24.7 Å². The SMILES string of the molecule is Cc1cc(C(=O)N2CC[C@@H](NC(=O)c3ccccc3)[C@H](O)C2)on1. The molecule has 1 aliphatic heterocycles. The van der Waals surface area contributed by atoms with E-state index in [4.69, 9.17) is 4.52 Å². The number of aryl methyl sites for hydroxylation is 1. The minimum atomic E-state index is -0.834. The van der Waals surface area contributed by atoms with Crippen molar-refractivity contribution in [2.45, 2.75) is 25.5 Å². The normalized spacial score (nSPS) is 20.7. The quantitative estimate of drug-likeness (QED) is 0.875. The third-order valence-electron chi connectivity index (χ3n) is 4.06. The van der Waals surface area contributed by atoms with Crippen molar-refractivity contribution >= 4 is 11.8 Å². The number of aromatic nitrogens is 1. The van der Waals surface area contributed by atoms with E-state index in [0.29, 0.717) is 24.2 Å². The summed E-state index contributed by atoms with van der Waals surface area (Å²) in [7, 11) is 0. The zero-order valence-corrected chi connectivity index (χ0v) is 13.3. The molecule has 7 heteroatoms. The molecule has 1 saturated heterocycles. The third-order valence-corrected chi connectivity index (χ3v) is 4.06. The molecule has 0 bridgehead atoms. The molecule has 2 aromatic rings. The van der Waals surface area contributed by atoms with Gasteiger partial charge in [-0.25, -0.2) is 0 Å². The van der Waals surface area contributed by atoms with Crippen molar-refractivity contribution < 1.29 is 19.2 Å². The Morgan fingerprint density at radius 3 is 2.71 bits per heavy atom. The van der Waals surface area contributed by atoms with Gasteiger partial charge in [-0.3, -0.25) is 9.59 Å². The summed E-state index contributed by atoms with van der Waals surface area (Å²) < 4.78 is 4.97. The number of likely N-dealkylation sites (tertiary alicyclic amines) is 1. The van der Waals surface area contributed by atoms with Crippen molar-refractivity contribution in [2.24, 2.45) is 0 Å². The third kappa shape index (κ3) is 3.46. The van der Waals surface area contributed by atoms with Crippen LogP contribution >= 0.6 is 0 Å². The van der Waals surface area contributed by atoms with E-state index in [0.717, 1.165) is 0 Å². The Morgan fingerprint density at radius 2 is 2.08 bits per heavy atom. The maximum Gasteiger partial charge on any atom is 0.292 e. The molecule has 0 radical (unpaired) electrons. The fraction of sp³-hybridized carbons (Fsp3) is 0.353. The summed E-state index contributed by atoms with van der Waals surface area (Å²) in [5.41, 5.74) is 1.17. The maximum absolute atomic E-state index is 12.3. The molecule has 0 unspecified atom stereocenters. The summed E-state index contributed by atoms with van der Waals surface area (Å²) in [6.45, 7) is 2.30. The number of aliphatic hydroxyl groups excluding tert-OH is 1. The van der Waals surface area contributed by atoms with Gasteiger partial charge in [-0.1, -0.05) is 23.4 Å². The second-order valence-electron chi connectivity index (χ2n) is 5.89. The van der Waals surface area contributed by atoms with Crippen LogP contribution in [0.4, 0.5) is 0 Å². The molecule has 126 valence electrons. The zero-order chi connectivity index (χ0) is 17.1. The first-order valence-electron chi connectivity index (χ1n) is 7.81. The Morgan fingerprint density at radius 1 is 1.33 bits per heavy atom. The molecule has 0 aliphatic carbocycles. The number of nitrogens with zero attached hydrogens (tertiary/aromatic N) is 2. The van der Waals surface area contributed by atoms with Gasteiger partial charge in [0.15, 0.2) is 0 Å². The summed E-state index contributed by atoms with van der Waals surface area (Å²) in [6.07, 6.45) is -0.363. The predicted molar refractivity (Wildman–Crippen MR) is 85.5 cm³/mol. The predicted octanol–water partition coefficient (Wildman–Crippen LogP) is 0.988. The van der Waals surface area contributed by atoms with Crippen LogP contribution in [-0.4, -0.2) is 52.2 Å². The number of nitrogens with one attached hydrogen (secondary N) is 1. The van der Waals surface area contributed by atoms with Crippen LogP contribution in [0.1, 0.15) is 33.0 Å². The van der Waals surface area contributed by atoms with Gasteiger partial charge >= 0.3 is 0 Å². The lowest BCUT2D eigenvalue weighted by atomic mass is 10.0. The number of carbonyl (C=O) groups is 2. The monoisotopic (exact) mass is 329 g/mol. The van der Waals surface area contributed by atoms with Crippen molar-refractivity contribution in [1.29, 1.82) is 0 Å². The second kappa shape index (κ2) is 6.84. The van der Waals surface area contributed by atoms with Gasteiger partial charge in [0.05, 0.1) is 17.8 Å². The molecule has 2 amide bonds. The Hall–Kier alpha value is -2.67. The molecular weight excluding hydrogens is 310 g/mol. The van der Waals surface area contributed by atoms with E-state index in [1.165, 1.54) is 4.90 Å². The van der Waals surface area contributed by atoms with Crippen molar-refractivity contribution in [2.75, 3.05) is 13.1 Å². The molecule has 3 rings (SSSR count). The molecule has 2 atom stereocenters. The van der Waals surface area contributed by atoms with Gasteiger partial charge in [-0.05, 0) is 25.5 Å². The molecule has 0 saturated carbocycles. The number of β-amino-alcohol motifs (C(OH)–C–C–N with tert-alkyl or cyclic N) is 1. The van der Waals surface area contributed by atoms with Crippen molar-refractivity contribution in [3.05, 3.63) is 53.4 Å². The fourth-order valence-electron chi connectivity index (χ4n) is 2.75. The number of aliphatic hydroxyl groups is 1. The largest absolute Gasteiger partial charge is 0.389 e. The first kappa shape index (κ1) is 16.2. The van der Waals surface area contributed by atoms with Gasteiger partial charge in [0.2, 0.25) is 5.76 Å². The standard InChI is InChI=1S/C17H19N3O4/c1-11-9-15(24-19-11)17(23)20-8-7-13(14(21)10-20)18-16(22)12-5-3-2-4-6-12/h2-6,9,13-14,21H,7-8,10H2,1H3,(H,18,22)/t13-,14-/m1/s1. The number of rotatable bonds is 3. The molecule has 7 nitrogen and oxygen atoms in total. The average Bonchev–Trinajstić information content (AvgIpc) is 3.03. The van der Waals surface area contributed by atoms with Crippen LogP contribution in [0.2, 0.25) is 0 Å². The lowest BCUT2D eigenvalue weighted by Crippen LogP contribution is -2.55. The number of amides is 2. The second-order valence-corrected chi connectivity index (χ2v) is 5.89. The first-order chi connectivity index (χ1) is 11.5. The Kier molecular flexibility index (Phi) is 4.61. The summed E-state index contributed by atoms with van der Waals surface area (Å²) in [5, 5.41) is 16.8. The molecule has 1 aromatic heterocycles. The van der Waals surface area contributed by atoms with Crippen LogP contribution in [0.5, 0.6) is 0 Å². The molecule has 1 aliphatic rings. The summed E-state index contributed by atoms with van der Waals surface area (Å²) in [5.74, 6) is -0.376. The van der Waals surface area contributed by atoms with Crippen molar-refractivity contribution in [3.8, 4) is 0 Å². The minimum Gasteiger partial charge on any atom is -0.389 e. The van der Waals surface area contributed by atoms with Crippen LogP contribution in [0.25, 0.3) is 0 Å². The molecular formula is C17H19N3O4. The molecule has 0 spiro atoms. The molecule has 2 heterocycles. The van der Waals surface area contributed by atoms with Crippen LogP contribution in [0.3, 0.4) is 0 Å². The van der Waals surface area contributed by atoms with Crippen LogP contribution in [0.15, 0.2) is 40.9 Å². The van der Waals surface area contributed by atoms with E-state index < -0.39 is 12.1 Å². The molecule has 1 aromatic carbocycles. The minimum absolute atomic E-state index is 0.137. The number of carbonyl (C=O) groups excluding carboxylic acids is 2. The van der Waals surface area contributed by atoms with E-state index in [1.807, 2.05) is 6.07 Å². The smallest absolute Gasteiger partial charge is 0.292 e. The molecule has 24 heavy (non-hydrogen) atoms. The van der Waals surface area contributed by atoms with Crippen LogP contribution < -0.4 is 5.32 Å². The average molecular weight is 329 g/mol. The van der Waals surface area contributed by atoms with E-state index in [9.17, 15) is 14.7 Å². The highest BCUT2D eigenvalue weighted by atomic mass is 16.5. The highest BCUT2D eigenvalue weighted by Crippen LogP contribution is 2.16. The number of hydrogen-bond acceptors (Lipinski definition) is 5. The Balaban J connectivity index is 1.59. The van der Waals surface area contributed by atoms with Crippen molar-refractivity contribution in [1.82, 2.24) is 15.4 Å². The van der Waals surface area contributed by atoms with Crippen molar-refractivity contribution in [3.63, 3.8) is 0 Å². The van der Waals surface area contributed by atoms with Crippen LogP contribution in [-0.2, 0) is 0 Å². The van der Waals surface area contributed by atoms with E-state index in [2.05, 4.69) is 10.5 Å². The summed E-state index contributed by atoms with van der Waals surface area (Å²) in [4.78, 5) is 26.0. The lowest BCUT2D eigenvalue weighted by Gasteiger charge is -2.35. The number of benzene rings is 1. The van der Waals surface area contributed by atoms with E-state index in [1.54, 1.807) is 37.3 Å². The molecule has 2 N–H and O–H groups in total. The Labute approximate surface area is 139 Å². The van der Waals surface area contributed by atoms with E-state index >= 15 is 0 Å². The van der Waals surface area contributed by atoms with Gasteiger partial charge in [-0.2, -0.15) is 0 Å². The van der Waals surface area contributed by atoms with Gasteiger partial charge in [-0.15, -0.1) is 0 Å². The maximum atomic E-state index is 12.3. The van der Waals surface area contributed by atoms with E-state index in [-0.39, 0.29) is 24.1 Å². The van der Waals surface area contributed by atoms with Gasteiger partial charge in [0.25, 0.3) is 11.8 Å². The Bertz CT molecular complexity index is 728. The zero-order valence-electron chi connectivity index (χ0n) is 13.3. The van der Waals surface area contributed by atoms with Crippen LogP contribution in [0, 0.1) is 6.92 Å².